The molecule has 20 heteroatoms. The first-order valence-electron chi connectivity index (χ1n) is 14.9. The summed E-state index contributed by atoms with van der Waals surface area (Å²) in [5.74, 6) is 0.936. The molecule has 284 valence electrons. The third-order valence-corrected chi connectivity index (χ3v) is 9.01. The number of nitrogens with zero attached hydrogens (tertiary/aromatic N) is 2. The molecule has 0 N–H and O–H groups in total. The molecule has 0 spiro atoms. The summed E-state index contributed by atoms with van der Waals surface area (Å²) in [7, 11) is -6.67. The van der Waals surface area contributed by atoms with Crippen molar-refractivity contribution in [2.45, 2.75) is 28.6 Å². The molecule has 0 saturated carbocycles. The second-order valence-electron chi connectivity index (χ2n) is 10.4. The van der Waals surface area contributed by atoms with E-state index in [4.69, 9.17) is 18.9 Å². The largest absolute Gasteiger partial charge is 0.497 e. The maximum Gasteiger partial charge on any atom is 0.437 e. The smallest absolute Gasteiger partial charge is 0.437 e. The fraction of sp³-hybridized carbons (Fsp3) is 0.212. The second kappa shape index (κ2) is 16.9. The van der Waals surface area contributed by atoms with Gasteiger partial charge in [0.1, 0.15) is 32.8 Å². The Morgan fingerprint density at radius 3 is 1.09 bits per heavy atom. The molecule has 0 saturated heterocycles. The van der Waals surface area contributed by atoms with Crippen LogP contribution in [0.15, 0.2) is 117 Å². The summed E-state index contributed by atoms with van der Waals surface area (Å²) in [6.45, 7) is 0.0392. The number of hydrogen-bond donors (Lipinski definition) is 0. The molecule has 4 rings (SSSR count). The van der Waals surface area contributed by atoms with Gasteiger partial charge in [-0.2, -0.15) is 43.2 Å². The van der Waals surface area contributed by atoms with Crippen molar-refractivity contribution in [2.75, 3.05) is 27.4 Å². The Bertz CT molecular complexity index is 1950. The summed E-state index contributed by atoms with van der Waals surface area (Å²) in [6, 6.07) is 18.2. The molecule has 4 aromatic rings. The zero-order valence-electron chi connectivity index (χ0n) is 27.4. The van der Waals surface area contributed by atoms with Gasteiger partial charge in [0.05, 0.1) is 27.4 Å². The van der Waals surface area contributed by atoms with Crippen LogP contribution in [0.3, 0.4) is 0 Å². The van der Waals surface area contributed by atoms with Crippen LogP contribution in [0.25, 0.3) is 0 Å². The van der Waals surface area contributed by atoms with Gasteiger partial charge in [0.2, 0.25) is 0 Å². The molecule has 0 fully saturated rings. The van der Waals surface area contributed by atoms with E-state index in [-0.39, 0.29) is 31.1 Å². The molecule has 0 aliphatic heterocycles. The molecule has 0 atom stereocenters. The van der Waals surface area contributed by atoms with Crippen LogP contribution in [0.4, 0.5) is 26.3 Å². The van der Waals surface area contributed by atoms with E-state index >= 15 is 0 Å². The first-order valence-corrected chi connectivity index (χ1v) is 17.7. The molecule has 0 bridgehead atoms. The van der Waals surface area contributed by atoms with Gasteiger partial charge < -0.3 is 18.9 Å². The Morgan fingerprint density at radius 2 is 0.811 bits per heavy atom. The van der Waals surface area contributed by atoms with Crippen LogP contribution in [0.1, 0.15) is 17.5 Å². The number of alkyl halides is 6. The van der Waals surface area contributed by atoms with Gasteiger partial charge in [-0.25, -0.2) is 0 Å². The standard InChI is InChI=1S/C33H28F6N2O10S2/c1-46-24-12-16-28(17-13-24)52(42,43)50-40-30(32(34,35)36)22-4-8-26(9-5-22)48-20-3-21-49-27-10-6-23(7-11-27)31(33(37,38)39)41-51-53(44,45)29-18-14-25(47-2)15-19-29/h4-19H,3,20-21H2,1-2H3. The lowest BCUT2D eigenvalue weighted by Gasteiger charge is -2.12. The number of hydrogen-bond acceptors (Lipinski definition) is 12. The molecule has 0 unspecified atom stereocenters. The summed E-state index contributed by atoms with van der Waals surface area (Å²) in [5.41, 5.74) is -4.24. The van der Waals surface area contributed by atoms with Crippen molar-refractivity contribution in [1.82, 2.24) is 0 Å². The normalized spacial score (nSPS) is 12.9. The van der Waals surface area contributed by atoms with E-state index in [0.717, 1.165) is 48.5 Å². The third-order valence-electron chi connectivity index (χ3n) is 6.77. The van der Waals surface area contributed by atoms with Crippen molar-refractivity contribution >= 4 is 31.7 Å². The van der Waals surface area contributed by atoms with E-state index in [1.165, 1.54) is 62.8 Å². The van der Waals surface area contributed by atoms with Gasteiger partial charge >= 0.3 is 32.6 Å². The number of benzene rings is 4. The minimum absolute atomic E-state index is 0.0196. The first-order chi connectivity index (χ1) is 24.9. The van der Waals surface area contributed by atoms with Crippen molar-refractivity contribution in [3.8, 4) is 23.0 Å². The van der Waals surface area contributed by atoms with Crippen LogP contribution >= 0.6 is 0 Å². The fourth-order valence-corrected chi connectivity index (χ4v) is 5.59. The maximum absolute atomic E-state index is 13.7. The van der Waals surface area contributed by atoms with Crippen molar-refractivity contribution in [3.05, 3.63) is 108 Å². The van der Waals surface area contributed by atoms with Crippen molar-refractivity contribution in [2.24, 2.45) is 10.3 Å². The lowest BCUT2D eigenvalue weighted by molar-refractivity contribution is -0.0606. The van der Waals surface area contributed by atoms with Crippen LogP contribution < -0.4 is 18.9 Å². The molecule has 0 heterocycles. The lowest BCUT2D eigenvalue weighted by atomic mass is 10.1. The summed E-state index contributed by atoms with van der Waals surface area (Å²) in [5, 5.41) is 5.76. The molecular weight excluding hydrogens is 762 g/mol. The number of rotatable bonds is 16. The van der Waals surface area contributed by atoms with Crippen molar-refractivity contribution in [3.63, 3.8) is 0 Å². The van der Waals surface area contributed by atoms with E-state index in [2.05, 4.69) is 18.9 Å². The third kappa shape index (κ3) is 11.2. The summed E-state index contributed by atoms with van der Waals surface area (Å²) >= 11 is 0. The molecule has 12 nitrogen and oxygen atoms in total. The van der Waals surface area contributed by atoms with E-state index < -0.39 is 64.9 Å². The second-order valence-corrected chi connectivity index (χ2v) is 13.4. The molecular formula is C33H28F6N2O10S2. The Morgan fingerprint density at radius 1 is 0.509 bits per heavy atom. The zero-order chi connectivity index (χ0) is 38.9. The predicted molar refractivity (Wildman–Crippen MR) is 176 cm³/mol. The number of ether oxygens (including phenoxy) is 4. The molecule has 0 radical (unpaired) electrons. The van der Waals surface area contributed by atoms with Gasteiger partial charge in [-0.1, -0.05) is 10.3 Å². The first kappa shape index (κ1) is 40.3. The fourth-order valence-electron chi connectivity index (χ4n) is 4.14. The van der Waals surface area contributed by atoms with Crippen LogP contribution in [-0.2, 0) is 28.8 Å². The number of oxime groups is 2. The molecule has 0 aliphatic rings. The van der Waals surface area contributed by atoms with Gasteiger partial charge in [0, 0.05) is 17.5 Å². The zero-order valence-corrected chi connectivity index (χ0v) is 29.1. The van der Waals surface area contributed by atoms with Crippen LogP contribution in [-0.4, -0.2) is 68.0 Å². The predicted octanol–water partition coefficient (Wildman–Crippen LogP) is 6.90. The van der Waals surface area contributed by atoms with Crippen molar-refractivity contribution in [1.29, 1.82) is 0 Å². The van der Waals surface area contributed by atoms with Crippen LogP contribution in [0, 0.1) is 0 Å². The molecule has 53 heavy (non-hydrogen) atoms. The minimum Gasteiger partial charge on any atom is -0.497 e. The highest BCUT2D eigenvalue weighted by molar-refractivity contribution is 7.87. The number of methoxy groups -OCH3 is 2. The molecule has 4 aromatic carbocycles. The Labute approximate surface area is 299 Å². The minimum atomic E-state index is -5.08. The average Bonchev–Trinajstić information content (AvgIpc) is 3.11. The van der Waals surface area contributed by atoms with Crippen LogP contribution in [0.2, 0.25) is 0 Å². The van der Waals surface area contributed by atoms with Gasteiger partial charge in [-0.3, -0.25) is 8.57 Å². The van der Waals surface area contributed by atoms with E-state index in [1.54, 1.807) is 0 Å². The Hall–Kier alpha value is -5.50. The Balaban J connectivity index is 1.31. The Kier molecular flexibility index (Phi) is 12.8. The molecule has 0 amide bonds. The molecule has 0 aromatic heterocycles. The summed E-state index contributed by atoms with van der Waals surface area (Å²) in [6.07, 6.45) is -9.93. The van der Waals surface area contributed by atoms with Gasteiger partial charge in [0.25, 0.3) is 0 Å². The van der Waals surface area contributed by atoms with E-state index in [9.17, 15) is 43.2 Å². The highest BCUT2D eigenvalue weighted by atomic mass is 32.2. The van der Waals surface area contributed by atoms with Gasteiger partial charge in [-0.05, 0) is 97.1 Å². The summed E-state index contributed by atoms with van der Waals surface area (Å²) < 4.78 is 161. The average molecular weight is 791 g/mol. The van der Waals surface area contributed by atoms with E-state index in [1.807, 2.05) is 0 Å². The van der Waals surface area contributed by atoms with Gasteiger partial charge in [-0.15, -0.1) is 0 Å². The van der Waals surface area contributed by atoms with Crippen molar-refractivity contribution < 1.29 is 70.7 Å². The highest BCUT2D eigenvalue weighted by Gasteiger charge is 2.39. The summed E-state index contributed by atoms with van der Waals surface area (Å²) in [4.78, 5) is -0.888. The maximum atomic E-state index is 13.7. The van der Waals surface area contributed by atoms with Crippen LogP contribution in [0.5, 0.6) is 23.0 Å². The van der Waals surface area contributed by atoms with Gasteiger partial charge in [0.15, 0.2) is 11.4 Å². The highest BCUT2D eigenvalue weighted by Crippen LogP contribution is 2.28. The quantitative estimate of drug-likeness (QED) is 0.0508. The number of halogens is 6. The molecule has 0 aliphatic carbocycles. The lowest BCUT2D eigenvalue weighted by Crippen LogP contribution is -2.25. The monoisotopic (exact) mass is 790 g/mol. The SMILES string of the molecule is COc1ccc(S(=O)(=O)ON=C(c2ccc(OCCCOc3ccc(C(=NOS(=O)(=O)c4ccc(OC)cc4)C(F)(F)F)cc3)cc2)C(F)(F)F)cc1. The topological polar surface area (TPSA) is 148 Å². The van der Waals surface area contributed by atoms with E-state index in [0.29, 0.717) is 11.5 Å².